The van der Waals surface area contributed by atoms with Gasteiger partial charge in [0.2, 0.25) is 5.69 Å². The van der Waals surface area contributed by atoms with Gasteiger partial charge in [0.15, 0.2) is 0 Å². The van der Waals surface area contributed by atoms with Crippen molar-refractivity contribution in [3.05, 3.63) is 85.6 Å². The molecule has 0 radical (unpaired) electrons. The Balaban J connectivity index is 1.83. The first kappa shape index (κ1) is 23.8. The fourth-order valence-corrected chi connectivity index (χ4v) is 4.42. The lowest BCUT2D eigenvalue weighted by molar-refractivity contribution is 0.0684. The highest BCUT2D eigenvalue weighted by Crippen LogP contribution is 2.22. The summed E-state index contributed by atoms with van der Waals surface area (Å²) in [6.07, 6.45) is 5.00. The molecule has 1 heterocycles. The highest BCUT2D eigenvalue weighted by Gasteiger charge is 2.28. The van der Waals surface area contributed by atoms with E-state index in [1.807, 2.05) is 0 Å². The second-order valence-corrected chi connectivity index (χ2v) is 8.91. The summed E-state index contributed by atoms with van der Waals surface area (Å²) < 4.78 is 7.38. The zero-order chi connectivity index (χ0) is 24.2. The summed E-state index contributed by atoms with van der Waals surface area (Å²) in [6.45, 7) is -0.0294. The van der Waals surface area contributed by atoms with Crippen molar-refractivity contribution in [2.45, 2.75) is 44.7 Å². The number of carbonyl (C=O) groups excluding carboxylic acids is 1. The standard InChI is InChI=1S/C25H27ClN4O4/c1-28(19-8-4-3-5-9-19)23(31)22-24(32)29(16-17-7-6-10-21(15-17)34-2)25(33)30(27-22)20-13-11-18(26)12-14-20/h6-7,10-15,19H,3-5,8-9,16H2,1-2H3. The molecule has 34 heavy (non-hydrogen) atoms. The van der Waals surface area contributed by atoms with Crippen molar-refractivity contribution in [3.8, 4) is 11.4 Å². The normalized spacial score (nSPS) is 14.1. The Hall–Kier alpha value is -3.39. The Bertz CT molecular complexity index is 1290. The largest absolute Gasteiger partial charge is 0.497 e. The molecular weight excluding hydrogens is 456 g/mol. The van der Waals surface area contributed by atoms with Gasteiger partial charge in [-0.1, -0.05) is 43.0 Å². The van der Waals surface area contributed by atoms with Crippen LogP contribution in [0.25, 0.3) is 5.69 Å². The van der Waals surface area contributed by atoms with Gasteiger partial charge < -0.3 is 9.64 Å². The Morgan fingerprint density at radius 1 is 1.12 bits per heavy atom. The minimum atomic E-state index is -0.717. The minimum Gasteiger partial charge on any atom is -0.497 e. The predicted octanol–water partition coefficient (Wildman–Crippen LogP) is 3.51. The lowest BCUT2D eigenvalue weighted by Crippen LogP contribution is -2.48. The van der Waals surface area contributed by atoms with E-state index in [9.17, 15) is 14.4 Å². The van der Waals surface area contributed by atoms with Crippen LogP contribution in [0.3, 0.4) is 0 Å². The number of ether oxygens (including phenoxy) is 1. The van der Waals surface area contributed by atoms with Crippen LogP contribution in [-0.2, 0) is 6.54 Å². The lowest BCUT2D eigenvalue weighted by atomic mass is 9.94. The van der Waals surface area contributed by atoms with Crippen LogP contribution in [0, 0.1) is 0 Å². The quantitative estimate of drug-likeness (QED) is 0.536. The molecule has 9 heteroatoms. The van der Waals surface area contributed by atoms with Gasteiger partial charge in [-0.15, -0.1) is 0 Å². The lowest BCUT2D eigenvalue weighted by Gasteiger charge is -2.30. The van der Waals surface area contributed by atoms with Crippen LogP contribution in [0.5, 0.6) is 5.75 Å². The predicted molar refractivity (Wildman–Crippen MR) is 130 cm³/mol. The third kappa shape index (κ3) is 4.92. The summed E-state index contributed by atoms with van der Waals surface area (Å²) >= 11 is 6.00. The number of nitrogens with zero attached hydrogens (tertiary/aromatic N) is 4. The molecule has 1 amide bonds. The zero-order valence-electron chi connectivity index (χ0n) is 19.2. The monoisotopic (exact) mass is 482 g/mol. The molecule has 0 atom stereocenters. The van der Waals surface area contributed by atoms with Crippen LogP contribution in [0.2, 0.25) is 5.02 Å². The summed E-state index contributed by atoms with van der Waals surface area (Å²) in [5.74, 6) is 0.116. The van der Waals surface area contributed by atoms with Crippen LogP contribution in [-0.4, -0.2) is 45.4 Å². The van der Waals surface area contributed by atoms with E-state index in [2.05, 4.69) is 5.10 Å². The van der Waals surface area contributed by atoms with Crippen molar-refractivity contribution in [2.24, 2.45) is 0 Å². The summed E-state index contributed by atoms with van der Waals surface area (Å²) in [5, 5.41) is 4.73. The molecule has 1 saturated carbocycles. The number of methoxy groups -OCH3 is 1. The molecule has 0 N–H and O–H groups in total. The number of hydrogen-bond acceptors (Lipinski definition) is 5. The van der Waals surface area contributed by atoms with E-state index >= 15 is 0 Å². The summed E-state index contributed by atoms with van der Waals surface area (Å²) in [5.41, 5.74) is -0.558. The van der Waals surface area contributed by atoms with Gasteiger partial charge in [0.05, 0.1) is 19.3 Å². The Morgan fingerprint density at radius 2 is 1.82 bits per heavy atom. The van der Waals surface area contributed by atoms with Gasteiger partial charge in [-0.05, 0) is 54.8 Å². The number of carbonyl (C=O) groups is 1. The summed E-state index contributed by atoms with van der Waals surface area (Å²) in [4.78, 5) is 41.8. The van der Waals surface area contributed by atoms with Crippen LogP contribution in [0.4, 0.5) is 0 Å². The number of hydrogen-bond donors (Lipinski definition) is 0. The SMILES string of the molecule is COc1cccc(Cn2c(=O)c(C(=O)N(C)C3CCCCC3)nn(-c3ccc(Cl)cc3)c2=O)c1. The van der Waals surface area contributed by atoms with Crippen LogP contribution >= 0.6 is 11.6 Å². The molecule has 0 aliphatic heterocycles. The van der Waals surface area contributed by atoms with E-state index in [1.165, 1.54) is 0 Å². The summed E-state index contributed by atoms with van der Waals surface area (Å²) in [7, 11) is 3.24. The van der Waals surface area contributed by atoms with Gasteiger partial charge in [-0.25, -0.2) is 4.79 Å². The van der Waals surface area contributed by atoms with Crippen molar-refractivity contribution in [1.82, 2.24) is 19.2 Å². The molecule has 3 aromatic rings. The Morgan fingerprint density at radius 3 is 2.50 bits per heavy atom. The maximum absolute atomic E-state index is 13.4. The number of rotatable bonds is 6. The second kappa shape index (κ2) is 10.3. The van der Waals surface area contributed by atoms with Crippen LogP contribution < -0.4 is 16.0 Å². The van der Waals surface area contributed by atoms with E-state index < -0.39 is 17.2 Å². The number of benzene rings is 2. The van der Waals surface area contributed by atoms with Gasteiger partial charge in [0, 0.05) is 18.1 Å². The fourth-order valence-electron chi connectivity index (χ4n) is 4.29. The van der Waals surface area contributed by atoms with Gasteiger partial charge in [0.25, 0.3) is 11.5 Å². The average Bonchev–Trinajstić information content (AvgIpc) is 2.87. The first-order chi connectivity index (χ1) is 16.4. The number of halogens is 1. The van der Waals surface area contributed by atoms with Crippen molar-refractivity contribution in [1.29, 1.82) is 0 Å². The number of aromatic nitrogens is 3. The maximum atomic E-state index is 13.4. The van der Waals surface area contributed by atoms with E-state index in [0.29, 0.717) is 22.0 Å². The van der Waals surface area contributed by atoms with Gasteiger partial charge in [0.1, 0.15) is 5.75 Å². The van der Waals surface area contributed by atoms with E-state index in [0.717, 1.165) is 41.4 Å². The smallest absolute Gasteiger partial charge is 0.352 e. The zero-order valence-corrected chi connectivity index (χ0v) is 20.0. The topological polar surface area (TPSA) is 86.4 Å². The number of amides is 1. The van der Waals surface area contributed by atoms with Crippen molar-refractivity contribution in [2.75, 3.05) is 14.2 Å². The van der Waals surface area contributed by atoms with Crippen LogP contribution in [0.15, 0.2) is 58.1 Å². The molecule has 0 spiro atoms. The fraction of sp³-hybridized carbons (Fsp3) is 0.360. The average molecular weight is 483 g/mol. The molecule has 1 aliphatic rings. The molecular formula is C25H27ClN4O4. The highest BCUT2D eigenvalue weighted by atomic mass is 35.5. The maximum Gasteiger partial charge on any atom is 0.352 e. The van der Waals surface area contributed by atoms with Gasteiger partial charge in [-0.3, -0.25) is 14.2 Å². The molecule has 1 aliphatic carbocycles. The molecule has 0 unspecified atom stereocenters. The van der Waals surface area contributed by atoms with Gasteiger partial charge >= 0.3 is 5.69 Å². The molecule has 8 nitrogen and oxygen atoms in total. The third-order valence-corrected chi connectivity index (χ3v) is 6.50. The van der Waals surface area contributed by atoms with Gasteiger partial charge in [-0.2, -0.15) is 9.78 Å². The molecule has 178 valence electrons. The van der Waals surface area contributed by atoms with Crippen LogP contribution in [0.1, 0.15) is 48.2 Å². The minimum absolute atomic E-state index is 0.0294. The molecule has 2 aromatic carbocycles. The van der Waals surface area contributed by atoms with Crippen molar-refractivity contribution >= 4 is 17.5 Å². The highest BCUT2D eigenvalue weighted by molar-refractivity contribution is 6.30. The van der Waals surface area contributed by atoms with Crippen molar-refractivity contribution in [3.63, 3.8) is 0 Å². The Labute approximate surface area is 202 Å². The van der Waals surface area contributed by atoms with E-state index in [-0.39, 0.29) is 18.3 Å². The first-order valence-electron chi connectivity index (χ1n) is 11.3. The molecule has 0 bridgehead atoms. The second-order valence-electron chi connectivity index (χ2n) is 8.47. The third-order valence-electron chi connectivity index (χ3n) is 6.25. The molecule has 4 rings (SSSR count). The molecule has 0 saturated heterocycles. The first-order valence-corrected chi connectivity index (χ1v) is 11.7. The molecule has 1 fully saturated rings. The van der Waals surface area contributed by atoms with Crippen molar-refractivity contribution < 1.29 is 9.53 Å². The molecule has 1 aromatic heterocycles. The van der Waals surface area contributed by atoms with E-state index in [4.69, 9.17) is 16.3 Å². The summed E-state index contributed by atoms with van der Waals surface area (Å²) in [6, 6.07) is 13.6. The Kier molecular flexibility index (Phi) is 7.17. The van der Waals surface area contributed by atoms with E-state index in [1.54, 1.807) is 67.6 Å².